The van der Waals surface area contributed by atoms with E-state index in [1.54, 1.807) is 6.07 Å². The molecule has 0 aliphatic carbocycles. The van der Waals surface area contributed by atoms with Crippen molar-refractivity contribution in [2.75, 3.05) is 0 Å². The van der Waals surface area contributed by atoms with E-state index in [2.05, 4.69) is 24.1 Å². The number of carbonyl (C=O) groups is 1. The van der Waals surface area contributed by atoms with Crippen LogP contribution in [0.2, 0.25) is 5.02 Å². The smallest absolute Gasteiger partial charge is 0.207 e. The maximum absolute atomic E-state index is 10.6. The van der Waals surface area contributed by atoms with Crippen LogP contribution in [-0.4, -0.2) is 11.4 Å². The van der Waals surface area contributed by atoms with E-state index < -0.39 is 0 Å². The van der Waals surface area contributed by atoms with Gasteiger partial charge < -0.3 is 5.32 Å². The van der Waals surface area contributed by atoms with Gasteiger partial charge in [-0.25, -0.2) is 0 Å². The lowest BCUT2D eigenvalue weighted by Crippen LogP contribution is -2.26. The Hall–Kier alpha value is -1.09. The van der Waals surface area contributed by atoms with Gasteiger partial charge in [0.15, 0.2) is 0 Å². The Morgan fingerprint density at radius 1 is 1.56 bits per heavy atom. The molecule has 16 heavy (non-hydrogen) atoms. The van der Waals surface area contributed by atoms with Crippen LogP contribution >= 0.6 is 11.6 Å². The molecule has 3 nitrogen and oxygen atoms in total. The molecule has 0 aromatic carbocycles. The van der Waals surface area contributed by atoms with Crippen molar-refractivity contribution in [3.8, 4) is 0 Å². The van der Waals surface area contributed by atoms with Crippen LogP contribution in [0.5, 0.6) is 0 Å². The third-order valence-corrected chi connectivity index (χ3v) is 2.94. The summed E-state index contributed by atoms with van der Waals surface area (Å²) in [7, 11) is 0. The van der Waals surface area contributed by atoms with Gasteiger partial charge in [0.05, 0.1) is 11.7 Å². The number of halogens is 1. The average molecular weight is 241 g/mol. The molecule has 4 heteroatoms. The molecule has 0 saturated heterocycles. The zero-order chi connectivity index (χ0) is 12.1. The minimum absolute atomic E-state index is 0.0695. The largest absolute Gasteiger partial charge is 0.350 e. The fourth-order valence-electron chi connectivity index (χ4n) is 1.66. The van der Waals surface area contributed by atoms with Gasteiger partial charge in [0.1, 0.15) is 0 Å². The molecule has 88 valence electrons. The summed E-state index contributed by atoms with van der Waals surface area (Å²) in [5, 5.41) is 3.46. The molecule has 2 unspecified atom stereocenters. The Morgan fingerprint density at radius 2 is 2.25 bits per heavy atom. The maximum Gasteiger partial charge on any atom is 0.207 e. The van der Waals surface area contributed by atoms with Gasteiger partial charge in [0.25, 0.3) is 0 Å². The van der Waals surface area contributed by atoms with E-state index in [1.165, 1.54) is 0 Å². The molecular weight excluding hydrogens is 224 g/mol. The number of amides is 1. The van der Waals surface area contributed by atoms with Crippen LogP contribution < -0.4 is 5.32 Å². The number of nitrogens with zero attached hydrogens (tertiary/aromatic N) is 1. The van der Waals surface area contributed by atoms with Crippen molar-refractivity contribution in [1.29, 1.82) is 0 Å². The Kier molecular flexibility index (Phi) is 4.74. The first-order chi connectivity index (χ1) is 7.58. The third kappa shape index (κ3) is 3.20. The van der Waals surface area contributed by atoms with E-state index >= 15 is 0 Å². The highest BCUT2D eigenvalue weighted by atomic mass is 35.5. The predicted molar refractivity (Wildman–Crippen MR) is 65.4 cm³/mol. The summed E-state index contributed by atoms with van der Waals surface area (Å²) in [6.07, 6.45) is 1.69. The summed E-state index contributed by atoms with van der Waals surface area (Å²) in [6.45, 7) is 6.06. The third-order valence-electron chi connectivity index (χ3n) is 2.72. The molecule has 1 aromatic rings. The first-order valence-electron chi connectivity index (χ1n) is 5.42. The summed E-state index contributed by atoms with van der Waals surface area (Å²) in [5.74, 6) is 0.329. The number of carbonyl (C=O) groups excluding carboxylic acids is 1. The highest BCUT2D eigenvalue weighted by molar-refractivity contribution is 6.30. The minimum atomic E-state index is -0.0695. The van der Waals surface area contributed by atoms with Crippen molar-refractivity contribution >= 4 is 18.0 Å². The summed E-state index contributed by atoms with van der Waals surface area (Å²) >= 11 is 5.99. The van der Waals surface area contributed by atoms with Gasteiger partial charge in [-0.1, -0.05) is 31.9 Å². The first-order valence-corrected chi connectivity index (χ1v) is 5.80. The minimum Gasteiger partial charge on any atom is -0.350 e. The molecule has 0 saturated carbocycles. The molecule has 1 aromatic heterocycles. The van der Waals surface area contributed by atoms with Crippen LogP contribution in [0.3, 0.4) is 0 Å². The number of hydrogen-bond acceptors (Lipinski definition) is 2. The van der Waals surface area contributed by atoms with Crippen molar-refractivity contribution in [2.24, 2.45) is 5.92 Å². The molecule has 0 bridgehead atoms. The fraction of sp³-hybridized carbons (Fsp3) is 0.500. The van der Waals surface area contributed by atoms with Crippen molar-refractivity contribution in [2.45, 2.75) is 33.2 Å². The Morgan fingerprint density at radius 3 is 2.75 bits per heavy atom. The lowest BCUT2D eigenvalue weighted by atomic mass is 9.96. The molecule has 0 spiro atoms. The van der Waals surface area contributed by atoms with E-state index in [0.29, 0.717) is 10.9 Å². The molecule has 2 atom stereocenters. The topological polar surface area (TPSA) is 42.0 Å². The molecule has 1 N–H and O–H groups in total. The second-order valence-corrected chi connectivity index (χ2v) is 4.44. The Bertz CT molecular complexity index is 348. The summed E-state index contributed by atoms with van der Waals surface area (Å²) in [6, 6.07) is 3.54. The number of hydrogen-bond donors (Lipinski definition) is 1. The zero-order valence-electron chi connectivity index (χ0n) is 9.83. The zero-order valence-corrected chi connectivity index (χ0v) is 10.6. The summed E-state index contributed by atoms with van der Waals surface area (Å²) in [4.78, 5) is 15.0. The monoisotopic (exact) mass is 240 g/mol. The summed E-state index contributed by atoms with van der Waals surface area (Å²) in [5.41, 5.74) is 1.69. The van der Waals surface area contributed by atoms with Crippen LogP contribution in [0, 0.1) is 12.8 Å². The lowest BCUT2D eigenvalue weighted by Gasteiger charge is -2.22. The van der Waals surface area contributed by atoms with Crippen LogP contribution in [0.1, 0.15) is 37.7 Å². The van der Waals surface area contributed by atoms with E-state index in [-0.39, 0.29) is 6.04 Å². The molecular formula is C12H17ClN2O. The Balaban J connectivity index is 3.04. The summed E-state index contributed by atoms with van der Waals surface area (Å²) < 4.78 is 0. The highest BCUT2D eigenvalue weighted by Crippen LogP contribution is 2.25. The van der Waals surface area contributed by atoms with Gasteiger partial charge in [0.2, 0.25) is 6.41 Å². The SMILES string of the molecule is CCC(C)C(NC=O)c1cc(Cl)cc(C)n1. The standard InChI is InChI=1S/C12H17ClN2O/c1-4-8(2)12(14-7-16)11-6-10(13)5-9(3)15-11/h5-8,12H,4H2,1-3H3,(H,14,16). The number of nitrogens with one attached hydrogen (secondary N) is 1. The average Bonchev–Trinajstić information content (AvgIpc) is 2.23. The van der Waals surface area contributed by atoms with Crippen molar-refractivity contribution in [3.05, 3.63) is 28.5 Å². The number of aromatic nitrogens is 1. The second kappa shape index (κ2) is 5.85. The first kappa shape index (κ1) is 13.0. The fourth-order valence-corrected chi connectivity index (χ4v) is 1.93. The molecule has 1 heterocycles. The van der Waals surface area contributed by atoms with Gasteiger partial charge >= 0.3 is 0 Å². The van der Waals surface area contributed by atoms with Gasteiger partial charge in [0, 0.05) is 10.7 Å². The van der Waals surface area contributed by atoms with Crippen molar-refractivity contribution in [3.63, 3.8) is 0 Å². The van der Waals surface area contributed by atoms with E-state index in [0.717, 1.165) is 24.2 Å². The van der Waals surface area contributed by atoms with Gasteiger partial charge in [-0.3, -0.25) is 9.78 Å². The quantitative estimate of drug-likeness (QED) is 0.805. The van der Waals surface area contributed by atoms with Crippen LogP contribution in [-0.2, 0) is 4.79 Å². The molecule has 0 radical (unpaired) electrons. The lowest BCUT2D eigenvalue weighted by molar-refractivity contribution is -0.110. The van der Waals surface area contributed by atoms with E-state index in [4.69, 9.17) is 11.6 Å². The second-order valence-electron chi connectivity index (χ2n) is 4.00. The normalized spacial score (nSPS) is 14.2. The maximum atomic E-state index is 10.6. The number of pyridine rings is 1. The van der Waals surface area contributed by atoms with Crippen molar-refractivity contribution < 1.29 is 4.79 Å². The highest BCUT2D eigenvalue weighted by Gasteiger charge is 2.19. The number of aryl methyl sites for hydroxylation is 1. The van der Waals surface area contributed by atoms with Crippen LogP contribution in [0.4, 0.5) is 0 Å². The van der Waals surface area contributed by atoms with E-state index in [1.807, 2.05) is 13.0 Å². The van der Waals surface area contributed by atoms with Gasteiger partial charge in [-0.15, -0.1) is 0 Å². The van der Waals surface area contributed by atoms with E-state index in [9.17, 15) is 4.79 Å². The van der Waals surface area contributed by atoms with Crippen LogP contribution in [0.25, 0.3) is 0 Å². The predicted octanol–water partition coefficient (Wildman–Crippen LogP) is 2.88. The molecule has 0 aliphatic rings. The molecule has 0 aliphatic heterocycles. The van der Waals surface area contributed by atoms with Gasteiger partial charge in [-0.2, -0.15) is 0 Å². The number of rotatable bonds is 5. The Labute approximate surface area is 101 Å². The molecule has 0 fully saturated rings. The van der Waals surface area contributed by atoms with Crippen LogP contribution in [0.15, 0.2) is 12.1 Å². The van der Waals surface area contributed by atoms with Gasteiger partial charge in [-0.05, 0) is 25.0 Å². The molecule has 1 amide bonds. The van der Waals surface area contributed by atoms with Crippen molar-refractivity contribution in [1.82, 2.24) is 10.3 Å². The molecule has 1 rings (SSSR count).